The summed E-state index contributed by atoms with van der Waals surface area (Å²) in [7, 11) is 3.33. The minimum Gasteiger partial charge on any atom is -0.493 e. The number of ether oxygens (including phenoxy) is 3. The van der Waals surface area contributed by atoms with Crippen molar-refractivity contribution in [3.8, 4) is 11.5 Å². The van der Waals surface area contributed by atoms with Crippen molar-refractivity contribution in [3.63, 3.8) is 0 Å². The molecule has 1 aliphatic rings. The number of benzene rings is 1. The maximum absolute atomic E-state index is 6.06. The molecule has 1 fully saturated rings. The van der Waals surface area contributed by atoms with Gasteiger partial charge >= 0.3 is 0 Å². The van der Waals surface area contributed by atoms with Crippen LogP contribution in [0.4, 0.5) is 0 Å². The highest BCUT2D eigenvalue weighted by Gasteiger charge is 2.21. The topological polar surface area (TPSA) is 27.7 Å². The van der Waals surface area contributed by atoms with Crippen molar-refractivity contribution in [2.45, 2.75) is 45.1 Å². The van der Waals surface area contributed by atoms with E-state index in [2.05, 4.69) is 13.0 Å². The van der Waals surface area contributed by atoms with Crippen LogP contribution in [0.15, 0.2) is 18.2 Å². The molecule has 0 heterocycles. The van der Waals surface area contributed by atoms with Crippen LogP contribution in [0.25, 0.3) is 0 Å². The minimum atomic E-state index is 0.448. The first-order valence-corrected chi connectivity index (χ1v) is 7.57. The van der Waals surface area contributed by atoms with Gasteiger partial charge in [0.05, 0.1) is 26.9 Å². The average molecular weight is 278 g/mol. The van der Waals surface area contributed by atoms with Crippen molar-refractivity contribution in [2.75, 3.05) is 20.8 Å². The van der Waals surface area contributed by atoms with Crippen LogP contribution >= 0.6 is 0 Å². The largest absolute Gasteiger partial charge is 0.493 e. The van der Waals surface area contributed by atoms with Crippen LogP contribution < -0.4 is 9.47 Å². The standard InChI is InChI=1S/C17H26O3/c1-13-6-4-5-7-15(13)20-11-10-14-8-9-16(18-2)17(12-14)19-3/h8-9,12-13,15H,4-7,10-11H2,1-3H3/t13-,15?/m1/s1. The summed E-state index contributed by atoms with van der Waals surface area (Å²) in [6, 6.07) is 6.07. The number of hydrogen-bond donors (Lipinski definition) is 0. The Kier molecular flexibility index (Phi) is 5.72. The molecule has 0 bridgehead atoms. The average Bonchev–Trinajstić information content (AvgIpc) is 2.49. The molecule has 1 aromatic rings. The van der Waals surface area contributed by atoms with E-state index in [1.54, 1.807) is 14.2 Å². The van der Waals surface area contributed by atoms with Gasteiger partial charge in [-0.3, -0.25) is 0 Å². The second-order valence-electron chi connectivity index (χ2n) is 5.61. The molecule has 0 radical (unpaired) electrons. The van der Waals surface area contributed by atoms with Crippen LogP contribution in [0.1, 0.15) is 38.2 Å². The molecule has 20 heavy (non-hydrogen) atoms. The summed E-state index contributed by atoms with van der Waals surface area (Å²) in [5, 5.41) is 0. The van der Waals surface area contributed by atoms with Crippen molar-refractivity contribution < 1.29 is 14.2 Å². The van der Waals surface area contributed by atoms with Crippen LogP contribution in [0, 0.1) is 5.92 Å². The van der Waals surface area contributed by atoms with E-state index in [1.165, 1.54) is 31.2 Å². The van der Waals surface area contributed by atoms with Crippen LogP contribution in [-0.2, 0) is 11.2 Å². The van der Waals surface area contributed by atoms with E-state index in [4.69, 9.17) is 14.2 Å². The highest BCUT2D eigenvalue weighted by molar-refractivity contribution is 5.42. The third-order valence-corrected chi connectivity index (χ3v) is 4.20. The highest BCUT2D eigenvalue weighted by Crippen LogP contribution is 2.29. The van der Waals surface area contributed by atoms with Gasteiger partial charge < -0.3 is 14.2 Å². The summed E-state index contributed by atoms with van der Waals surface area (Å²) in [5.41, 5.74) is 1.23. The molecule has 1 saturated carbocycles. The van der Waals surface area contributed by atoms with Gasteiger partial charge in [-0.2, -0.15) is 0 Å². The quantitative estimate of drug-likeness (QED) is 0.791. The molecule has 1 unspecified atom stereocenters. The molecule has 1 aromatic carbocycles. The van der Waals surface area contributed by atoms with Crippen molar-refractivity contribution in [1.82, 2.24) is 0 Å². The Labute approximate surface area is 122 Å². The molecule has 2 atom stereocenters. The van der Waals surface area contributed by atoms with E-state index in [9.17, 15) is 0 Å². The summed E-state index contributed by atoms with van der Waals surface area (Å²) in [6.45, 7) is 3.09. The maximum atomic E-state index is 6.06. The van der Waals surface area contributed by atoms with Gasteiger partial charge in [0.2, 0.25) is 0 Å². The molecule has 2 rings (SSSR count). The number of rotatable bonds is 6. The predicted octanol–water partition coefficient (Wildman–Crippen LogP) is 3.84. The smallest absolute Gasteiger partial charge is 0.160 e. The lowest BCUT2D eigenvalue weighted by Crippen LogP contribution is -2.26. The predicted molar refractivity (Wildman–Crippen MR) is 80.6 cm³/mol. The third kappa shape index (κ3) is 3.89. The summed E-state index contributed by atoms with van der Waals surface area (Å²) >= 11 is 0. The summed E-state index contributed by atoms with van der Waals surface area (Å²) in [4.78, 5) is 0. The lowest BCUT2D eigenvalue weighted by molar-refractivity contribution is -0.00334. The Hall–Kier alpha value is -1.22. The lowest BCUT2D eigenvalue weighted by atomic mass is 9.88. The van der Waals surface area contributed by atoms with Crippen molar-refractivity contribution >= 4 is 0 Å². The Morgan fingerprint density at radius 2 is 1.80 bits per heavy atom. The zero-order chi connectivity index (χ0) is 14.4. The summed E-state index contributed by atoms with van der Waals surface area (Å²) < 4.78 is 16.6. The van der Waals surface area contributed by atoms with E-state index < -0.39 is 0 Å². The lowest BCUT2D eigenvalue weighted by Gasteiger charge is -2.28. The fraction of sp³-hybridized carbons (Fsp3) is 0.647. The van der Waals surface area contributed by atoms with Crippen LogP contribution in [0.3, 0.4) is 0 Å². The van der Waals surface area contributed by atoms with Gasteiger partial charge in [0, 0.05) is 0 Å². The minimum absolute atomic E-state index is 0.448. The van der Waals surface area contributed by atoms with Gasteiger partial charge in [0.1, 0.15) is 0 Å². The molecule has 0 spiro atoms. The SMILES string of the molecule is COc1ccc(CCOC2CCCC[C@H]2C)cc1OC. The molecule has 0 aromatic heterocycles. The molecule has 0 N–H and O–H groups in total. The molecular weight excluding hydrogens is 252 g/mol. The molecule has 0 aliphatic heterocycles. The molecular formula is C17H26O3. The molecule has 3 nitrogen and oxygen atoms in total. The highest BCUT2D eigenvalue weighted by atomic mass is 16.5. The van der Waals surface area contributed by atoms with Crippen LogP contribution in [0.2, 0.25) is 0 Å². The van der Waals surface area contributed by atoms with Gasteiger partial charge in [0.25, 0.3) is 0 Å². The number of methoxy groups -OCH3 is 2. The van der Waals surface area contributed by atoms with E-state index in [0.717, 1.165) is 24.5 Å². The summed E-state index contributed by atoms with van der Waals surface area (Å²) in [5.74, 6) is 2.27. The molecule has 1 aliphatic carbocycles. The fourth-order valence-electron chi connectivity index (χ4n) is 2.89. The Morgan fingerprint density at radius 3 is 2.50 bits per heavy atom. The Bertz CT molecular complexity index is 417. The first kappa shape index (κ1) is 15.2. The summed E-state index contributed by atoms with van der Waals surface area (Å²) in [6.07, 6.45) is 6.56. The maximum Gasteiger partial charge on any atom is 0.160 e. The van der Waals surface area contributed by atoms with Crippen LogP contribution in [0.5, 0.6) is 11.5 Å². The van der Waals surface area contributed by atoms with Gasteiger partial charge in [-0.25, -0.2) is 0 Å². The second-order valence-corrected chi connectivity index (χ2v) is 5.61. The molecule has 3 heteroatoms. The first-order valence-electron chi connectivity index (χ1n) is 7.57. The normalized spacial score (nSPS) is 22.6. The Balaban J connectivity index is 1.84. The molecule has 0 amide bonds. The fourth-order valence-corrected chi connectivity index (χ4v) is 2.89. The first-order chi connectivity index (χ1) is 9.74. The zero-order valence-corrected chi connectivity index (χ0v) is 12.9. The van der Waals surface area contributed by atoms with Gasteiger partial charge in [-0.1, -0.05) is 25.8 Å². The third-order valence-electron chi connectivity index (χ3n) is 4.20. The second kappa shape index (κ2) is 7.53. The zero-order valence-electron chi connectivity index (χ0n) is 12.9. The van der Waals surface area contributed by atoms with Crippen molar-refractivity contribution in [2.24, 2.45) is 5.92 Å². The van der Waals surface area contributed by atoms with Crippen molar-refractivity contribution in [3.05, 3.63) is 23.8 Å². The van der Waals surface area contributed by atoms with Gasteiger partial charge in [0.15, 0.2) is 11.5 Å². The van der Waals surface area contributed by atoms with E-state index in [0.29, 0.717) is 12.0 Å². The van der Waals surface area contributed by atoms with E-state index in [-0.39, 0.29) is 0 Å². The van der Waals surface area contributed by atoms with E-state index in [1.807, 2.05) is 12.1 Å². The van der Waals surface area contributed by atoms with Gasteiger partial charge in [-0.15, -0.1) is 0 Å². The molecule has 0 saturated heterocycles. The van der Waals surface area contributed by atoms with Crippen molar-refractivity contribution in [1.29, 1.82) is 0 Å². The van der Waals surface area contributed by atoms with E-state index >= 15 is 0 Å². The number of hydrogen-bond acceptors (Lipinski definition) is 3. The van der Waals surface area contributed by atoms with Crippen LogP contribution in [-0.4, -0.2) is 26.9 Å². The molecule has 112 valence electrons. The monoisotopic (exact) mass is 278 g/mol. The van der Waals surface area contributed by atoms with Gasteiger partial charge in [-0.05, 0) is 42.9 Å². The Morgan fingerprint density at radius 1 is 1.05 bits per heavy atom.